The number of aliphatic carboxylic acids is 1. The van der Waals surface area contributed by atoms with E-state index in [0.717, 1.165) is 17.4 Å². The Kier molecular flexibility index (Phi) is 10.1. The molecule has 0 aromatic heterocycles. The van der Waals surface area contributed by atoms with Gasteiger partial charge in [-0.25, -0.2) is 4.79 Å². The van der Waals surface area contributed by atoms with Crippen LogP contribution in [0.2, 0.25) is 0 Å². The number of nitrogens with zero attached hydrogens (tertiary/aromatic N) is 1. The summed E-state index contributed by atoms with van der Waals surface area (Å²) in [6.45, 7) is 9.41. The maximum Gasteiger partial charge on any atom is 0.332 e. The number of carboxylic acid groups (broad SMARTS) is 1. The second-order valence-corrected chi connectivity index (χ2v) is 7.70. The maximum absolute atomic E-state index is 10.4. The number of carbonyl (C=O) groups is 1. The summed E-state index contributed by atoms with van der Waals surface area (Å²) in [5.41, 5.74) is 0.192. The standard InChI is InChI=1S/C10H20O3.C5H14NO/c1-7(6-10(2,3)4)5-8(11)9(12)13;1-6(2,3)4-5-7/h7-8,11H,5-6H2,1-4H3,(H,12,13);7H,4-5H2,1-3H3/q;+1. The first-order valence-corrected chi connectivity index (χ1v) is 7.10. The molecule has 20 heavy (non-hydrogen) atoms. The van der Waals surface area contributed by atoms with E-state index in [1.165, 1.54) is 0 Å². The van der Waals surface area contributed by atoms with Crippen molar-refractivity contribution in [3.05, 3.63) is 0 Å². The summed E-state index contributed by atoms with van der Waals surface area (Å²) in [5, 5.41) is 26.0. The minimum Gasteiger partial charge on any atom is -0.479 e. The molecular weight excluding hydrogens is 258 g/mol. The Hall–Kier alpha value is -0.650. The fourth-order valence-electron chi connectivity index (χ4n) is 1.91. The Balaban J connectivity index is 0. The molecule has 0 fully saturated rings. The number of rotatable bonds is 6. The van der Waals surface area contributed by atoms with E-state index in [0.29, 0.717) is 6.42 Å². The van der Waals surface area contributed by atoms with E-state index in [9.17, 15) is 4.79 Å². The van der Waals surface area contributed by atoms with Crippen LogP contribution in [0, 0.1) is 11.3 Å². The SMILES string of the molecule is CC(CC(O)C(=O)O)CC(C)(C)C.C[N+](C)(C)CCO. The van der Waals surface area contributed by atoms with Crippen LogP contribution in [0.25, 0.3) is 0 Å². The van der Waals surface area contributed by atoms with Crippen molar-refractivity contribution in [2.75, 3.05) is 34.3 Å². The fourth-order valence-corrected chi connectivity index (χ4v) is 1.91. The Morgan fingerprint density at radius 1 is 1.20 bits per heavy atom. The minimum atomic E-state index is -1.21. The van der Waals surface area contributed by atoms with Crippen LogP contribution in [0.15, 0.2) is 0 Å². The van der Waals surface area contributed by atoms with E-state index in [1.54, 1.807) is 0 Å². The Bertz CT molecular complexity index is 266. The fraction of sp³-hybridized carbons (Fsp3) is 0.933. The van der Waals surface area contributed by atoms with Gasteiger partial charge in [-0.15, -0.1) is 0 Å². The second kappa shape index (κ2) is 9.32. The van der Waals surface area contributed by atoms with Crippen molar-refractivity contribution in [3.63, 3.8) is 0 Å². The van der Waals surface area contributed by atoms with Crippen LogP contribution in [-0.4, -0.2) is 66.2 Å². The molecule has 0 aliphatic rings. The van der Waals surface area contributed by atoms with Crippen LogP contribution >= 0.6 is 0 Å². The predicted octanol–water partition coefficient (Wildman–Crippen LogP) is 1.58. The van der Waals surface area contributed by atoms with Gasteiger partial charge in [0, 0.05) is 0 Å². The van der Waals surface area contributed by atoms with Crippen molar-refractivity contribution in [2.45, 2.75) is 46.6 Å². The largest absolute Gasteiger partial charge is 0.479 e. The summed E-state index contributed by atoms with van der Waals surface area (Å²) in [4.78, 5) is 10.4. The monoisotopic (exact) mass is 292 g/mol. The number of hydrogen-bond acceptors (Lipinski definition) is 3. The van der Waals surface area contributed by atoms with Gasteiger partial charge in [-0.3, -0.25) is 0 Å². The van der Waals surface area contributed by atoms with Gasteiger partial charge in [0.15, 0.2) is 6.10 Å². The summed E-state index contributed by atoms with van der Waals surface area (Å²) in [5.74, 6) is -0.883. The van der Waals surface area contributed by atoms with Crippen molar-refractivity contribution in [2.24, 2.45) is 11.3 Å². The number of quaternary nitrogens is 1. The summed E-state index contributed by atoms with van der Waals surface area (Å²) in [6.07, 6.45) is 0.0570. The van der Waals surface area contributed by atoms with Gasteiger partial charge in [-0.05, 0) is 24.2 Å². The highest BCUT2D eigenvalue weighted by Gasteiger charge is 2.21. The van der Waals surface area contributed by atoms with E-state index in [1.807, 2.05) is 6.92 Å². The Labute approximate surface area is 123 Å². The molecule has 5 nitrogen and oxygen atoms in total. The van der Waals surface area contributed by atoms with E-state index in [2.05, 4.69) is 41.9 Å². The molecule has 0 saturated carbocycles. The zero-order valence-electron chi connectivity index (χ0n) is 14.2. The summed E-state index contributed by atoms with van der Waals surface area (Å²) >= 11 is 0. The average molecular weight is 292 g/mol. The lowest BCUT2D eigenvalue weighted by Gasteiger charge is -2.23. The highest BCUT2D eigenvalue weighted by atomic mass is 16.4. The molecule has 0 bridgehead atoms. The average Bonchev–Trinajstić information content (AvgIpc) is 2.12. The molecule has 122 valence electrons. The first kappa shape index (κ1) is 21.6. The molecule has 0 amide bonds. The molecule has 0 saturated heterocycles. The number of likely N-dealkylation sites (N-methyl/N-ethyl adjacent to an activating group) is 1. The first-order chi connectivity index (χ1) is 8.78. The predicted molar refractivity (Wildman–Crippen MR) is 81.5 cm³/mol. The van der Waals surface area contributed by atoms with Gasteiger partial charge in [0.2, 0.25) is 0 Å². The lowest BCUT2D eigenvalue weighted by molar-refractivity contribution is -0.870. The van der Waals surface area contributed by atoms with E-state index in [4.69, 9.17) is 15.3 Å². The summed E-state index contributed by atoms with van der Waals surface area (Å²) in [6, 6.07) is 0. The van der Waals surface area contributed by atoms with Crippen LogP contribution < -0.4 is 0 Å². The van der Waals surface area contributed by atoms with Gasteiger partial charge in [0.25, 0.3) is 0 Å². The first-order valence-electron chi connectivity index (χ1n) is 7.10. The Morgan fingerprint density at radius 3 is 1.85 bits per heavy atom. The smallest absolute Gasteiger partial charge is 0.332 e. The number of carboxylic acids is 1. The molecule has 2 unspecified atom stereocenters. The van der Waals surface area contributed by atoms with E-state index < -0.39 is 12.1 Å². The molecule has 0 aliphatic carbocycles. The molecule has 0 heterocycles. The number of aliphatic hydroxyl groups is 2. The highest BCUT2D eigenvalue weighted by Crippen LogP contribution is 2.26. The van der Waals surface area contributed by atoms with Gasteiger partial charge < -0.3 is 19.8 Å². The third kappa shape index (κ3) is 17.4. The molecule has 0 spiro atoms. The highest BCUT2D eigenvalue weighted by molar-refractivity contribution is 5.71. The van der Waals surface area contributed by atoms with Crippen LogP contribution in [-0.2, 0) is 4.79 Å². The van der Waals surface area contributed by atoms with Crippen molar-refractivity contribution in [3.8, 4) is 0 Å². The molecule has 0 rings (SSSR count). The second-order valence-electron chi connectivity index (χ2n) is 7.70. The van der Waals surface area contributed by atoms with Crippen molar-refractivity contribution >= 4 is 5.97 Å². The molecule has 0 aromatic rings. The lowest BCUT2D eigenvalue weighted by atomic mass is 9.83. The lowest BCUT2D eigenvalue weighted by Crippen LogP contribution is -2.36. The van der Waals surface area contributed by atoms with E-state index in [-0.39, 0.29) is 17.9 Å². The third-order valence-corrected chi connectivity index (χ3v) is 2.64. The van der Waals surface area contributed by atoms with Crippen LogP contribution in [0.3, 0.4) is 0 Å². The third-order valence-electron chi connectivity index (χ3n) is 2.64. The van der Waals surface area contributed by atoms with E-state index >= 15 is 0 Å². The van der Waals surface area contributed by atoms with Crippen LogP contribution in [0.1, 0.15) is 40.5 Å². The topological polar surface area (TPSA) is 77.8 Å². The molecule has 5 heteroatoms. The molecule has 0 aliphatic heterocycles. The van der Waals surface area contributed by atoms with Gasteiger partial charge in [0.05, 0.1) is 27.7 Å². The zero-order valence-corrected chi connectivity index (χ0v) is 14.2. The van der Waals surface area contributed by atoms with Crippen LogP contribution in [0.4, 0.5) is 0 Å². The van der Waals surface area contributed by atoms with Crippen LogP contribution in [0.5, 0.6) is 0 Å². The van der Waals surface area contributed by atoms with Gasteiger partial charge >= 0.3 is 5.97 Å². The molecule has 3 N–H and O–H groups in total. The number of hydrogen-bond donors (Lipinski definition) is 3. The number of aliphatic hydroxyl groups excluding tert-OH is 2. The van der Waals surface area contributed by atoms with Crippen molar-refractivity contribution in [1.82, 2.24) is 0 Å². The minimum absolute atomic E-state index is 0.192. The normalized spacial score (nSPS) is 15.1. The summed E-state index contributed by atoms with van der Waals surface area (Å²) < 4.78 is 0.844. The zero-order chi connectivity index (χ0) is 16.6. The van der Waals surface area contributed by atoms with Gasteiger partial charge in [0.1, 0.15) is 6.54 Å². The Morgan fingerprint density at radius 2 is 1.65 bits per heavy atom. The van der Waals surface area contributed by atoms with Crippen molar-refractivity contribution < 1.29 is 24.6 Å². The van der Waals surface area contributed by atoms with Crippen molar-refractivity contribution in [1.29, 1.82) is 0 Å². The maximum atomic E-state index is 10.4. The molecule has 0 radical (unpaired) electrons. The molecule has 2 atom stereocenters. The quantitative estimate of drug-likeness (QED) is 0.650. The van der Waals surface area contributed by atoms with Gasteiger partial charge in [-0.1, -0.05) is 27.7 Å². The summed E-state index contributed by atoms with van der Waals surface area (Å²) in [7, 11) is 6.16. The van der Waals surface area contributed by atoms with Gasteiger partial charge in [-0.2, -0.15) is 0 Å². The molecule has 0 aromatic carbocycles. The molecular formula is C15H34NO4+.